The van der Waals surface area contributed by atoms with E-state index in [9.17, 15) is 0 Å². The molecule has 1 rings (SSSR count). The second-order valence-electron chi connectivity index (χ2n) is 2.53. The number of nitriles is 1. The topological polar surface area (TPSA) is 23.8 Å². The van der Waals surface area contributed by atoms with Gasteiger partial charge in [-0.25, -0.2) is 0 Å². The zero-order valence-corrected chi connectivity index (χ0v) is 10.3. The molecule has 0 aliphatic heterocycles. The van der Waals surface area contributed by atoms with Crippen LogP contribution in [0.5, 0.6) is 0 Å². The molecule has 0 amide bonds. The maximum absolute atomic E-state index is 8.55. The van der Waals surface area contributed by atoms with Gasteiger partial charge in [0.25, 0.3) is 0 Å². The number of hydrogen-bond donors (Lipinski definition) is 0. The fourth-order valence-corrected chi connectivity index (χ4v) is 2.22. The maximum Gasteiger partial charge on any atom is 0.0670 e. The van der Waals surface area contributed by atoms with E-state index >= 15 is 0 Å². The van der Waals surface area contributed by atoms with Crippen LogP contribution in [0.25, 0.3) is 0 Å². The van der Waals surface area contributed by atoms with E-state index < -0.39 is 0 Å². The van der Waals surface area contributed by atoms with Crippen molar-refractivity contribution < 1.29 is 0 Å². The van der Waals surface area contributed by atoms with Gasteiger partial charge in [0.1, 0.15) is 0 Å². The summed E-state index contributed by atoms with van der Waals surface area (Å²) in [5.74, 6) is 0. The second kappa shape index (κ2) is 4.24. The summed E-state index contributed by atoms with van der Waals surface area (Å²) in [6.07, 6.45) is 0.471. The Kier molecular flexibility index (Phi) is 3.53. The third kappa shape index (κ3) is 2.20. The van der Waals surface area contributed by atoms with Crippen molar-refractivity contribution in [2.75, 3.05) is 0 Å². The van der Waals surface area contributed by atoms with Crippen LogP contribution in [0.15, 0.2) is 16.6 Å². The molecule has 0 aromatic heterocycles. The summed E-state index contributed by atoms with van der Waals surface area (Å²) in [6, 6.07) is 6.26. The van der Waals surface area contributed by atoms with E-state index in [-0.39, 0.29) is 0 Å². The predicted octanol–water partition coefficient (Wildman–Crippen LogP) is 3.43. The number of halogens is 2. The third-order valence-electron chi connectivity index (χ3n) is 1.56. The van der Waals surface area contributed by atoms with Crippen LogP contribution in [0.2, 0.25) is 0 Å². The SMILES string of the molecule is Cc1cc(I)cc(CC#N)c1Br. The smallest absolute Gasteiger partial charge is 0.0670 e. The van der Waals surface area contributed by atoms with E-state index in [1.54, 1.807) is 0 Å². The Bertz CT molecular complexity index is 341. The van der Waals surface area contributed by atoms with Crippen LogP contribution in [0.4, 0.5) is 0 Å². The molecule has 0 saturated heterocycles. The lowest BCUT2D eigenvalue weighted by Gasteiger charge is -2.04. The molecule has 0 saturated carbocycles. The molecule has 1 aromatic rings. The van der Waals surface area contributed by atoms with Crippen molar-refractivity contribution in [2.24, 2.45) is 0 Å². The molecule has 3 heteroatoms. The molecule has 0 radical (unpaired) electrons. The average molecular weight is 336 g/mol. The number of benzene rings is 1. The highest BCUT2D eigenvalue weighted by molar-refractivity contribution is 14.1. The fourth-order valence-electron chi connectivity index (χ4n) is 1.01. The highest BCUT2D eigenvalue weighted by atomic mass is 127. The summed E-state index contributed by atoms with van der Waals surface area (Å²) >= 11 is 5.72. The van der Waals surface area contributed by atoms with Crippen LogP contribution in [0.3, 0.4) is 0 Å². The molecule has 0 spiro atoms. The summed E-state index contributed by atoms with van der Waals surface area (Å²) < 4.78 is 2.24. The second-order valence-corrected chi connectivity index (χ2v) is 4.57. The molecule has 0 bridgehead atoms. The van der Waals surface area contributed by atoms with Crippen molar-refractivity contribution >= 4 is 38.5 Å². The summed E-state index contributed by atoms with van der Waals surface area (Å²) in [7, 11) is 0. The van der Waals surface area contributed by atoms with Gasteiger partial charge in [-0.3, -0.25) is 0 Å². The molecule has 1 nitrogen and oxygen atoms in total. The van der Waals surface area contributed by atoms with Gasteiger partial charge in [0, 0.05) is 8.04 Å². The van der Waals surface area contributed by atoms with Gasteiger partial charge in [0.15, 0.2) is 0 Å². The van der Waals surface area contributed by atoms with Crippen molar-refractivity contribution in [2.45, 2.75) is 13.3 Å². The Balaban J connectivity index is 3.20. The van der Waals surface area contributed by atoms with E-state index in [1.165, 1.54) is 9.13 Å². The largest absolute Gasteiger partial charge is 0.198 e. The maximum atomic E-state index is 8.55. The van der Waals surface area contributed by atoms with Crippen LogP contribution < -0.4 is 0 Å². The molecule has 1 aromatic carbocycles. The molecular formula is C9H7BrIN. The van der Waals surface area contributed by atoms with Crippen LogP contribution in [0.1, 0.15) is 11.1 Å². The van der Waals surface area contributed by atoms with Crippen molar-refractivity contribution in [1.82, 2.24) is 0 Å². The van der Waals surface area contributed by atoms with Crippen LogP contribution in [-0.4, -0.2) is 0 Å². The zero-order valence-electron chi connectivity index (χ0n) is 6.56. The number of nitrogens with zero attached hydrogens (tertiary/aromatic N) is 1. The minimum atomic E-state index is 0.471. The Labute approximate surface area is 94.0 Å². The minimum Gasteiger partial charge on any atom is -0.198 e. The molecule has 0 fully saturated rings. The lowest BCUT2D eigenvalue weighted by atomic mass is 10.1. The summed E-state index contributed by atoms with van der Waals surface area (Å²) in [6.45, 7) is 2.03. The molecule has 0 aliphatic rings. The predicted molar refractivity (Wildman–Crippen MR) is 60.9 cm³/mol. The molecule has 0 heterocycles. The van der Waals surface area contributed by atoms with Crippen molar-refractivity contribution in [3.05, 3.63) is 31.3 Å². The van der Waals surface area contributed by atoms with Crippen molar-refractivity contribution in [1.29, 1.82) is 5.26 Å². The lowest BCUT2D eigenvalue weighted by molar-refractivity contribution is 1.21. The first-order valence-electron chi connectivity index (χ1n) is 3.46. The van der Waals surface area contributed by atoms with Gasteiger partial charge in [-0.2, -0.15) is 5.26 Å². The summed E-state index contributed by atoms with van der Waals surface area (Å²) in [5, 5.41) is 8.55. The van der Waals surface area contributed by atoms with Crippen molar-refractivity contribution in [3.8, 4) is 6.07 Å². The molecule has 12 heavy (non-hydrogen) atoms. The molecule has 0 unspecified atom stereocenters. The van der Waals surface area contributed by atoms with Gasteiger partial charge >= 0.3 is 0 Å². The van der Waals surface area contributed by atoms with Gasteiger partial charge in [0.05, 0.1) is 12.5 Å². The standard InChI is InChI=1S/C9H7BrIN/c1-6-4-8(11)5-7(2-3-12)9(6)10/h4-5H,2H2,1H3. The first-order valence-corrected chi connectivity index (χ1v) is 5.34. The Morgan fingerprint density at radius 3 is 2.83 bits per heavy atom. The first-order chi connectivity index (χ1) is 5.65. The average Bonchev–Trinajstić information content (AvgIpc) is 2.00. The van der Waals surface area contributed by atoms with Gasteiger partial charge in [0.2, 0.25) is 0 Å². The first kappa shape index (κ1) is 10.0. The van der Waals surface area contributed by atoms with E-state index in [0.717, 1.165) is 10.0 Å². The zero-order chi connectivity index (χ0) is 9.14. The van der Waals surface area contributed by atoms with Gasteiger partial charge in [-0.1, -0.05) is 15.9 Å². The van der Waals surface area contributed by atoms with Gasteiger partial charge in [-0.15, -0.1) is 0 Å². The van der Waals surface area contributed by atoms with E-state index in [2.05, 4.69) is 50.7 Å². The Hall–Kier alpha value is -0.0800. The number of aryl methyl sites for hydroxylation is 1. The van der Waals surface area contributed by atoms with Crippen molar-refractivity contribution in [3.63, 3.8) is 0 Å². The highest BCUT2D eigenvalue weighted by Crippen LogP contribution is 2.24. The van der Waals surface area contributed by atoms with Crippen LogP contribution >= 0.6 is 38.5 Å². The van der Waals surface area contributed by atoms with Crippen LogP contribution in [-0.2, 0) is 6.42 Å². The molecule has 0 N–H and O–H groups in total. The highest BCUT2D eigenvalue weighted by Gasteiger charge is 2.03. The van der Waals surface area contributed by atoms with E-state index in [4.69, 9.17) is 5.26 Å². The Morgan fingerprint density at radius 2 is 2.25 bits per heavy atom. The molecule has 62 valence electrons. The minimum absolute atomic E-state index is 0.471. The van der Waals surface area contributed by atoms with E-state index in [1.807, 2.05) is 13.0 Å². The monoisotopic (exact) mass is 335 g/mol. The lowest BCUT2D eigenvalue weighted by Crippen LogP contribution is -1.88. The fraction of sp³-hybridized carbons (Fsp3) is 0.222. The van der Waals surface area contributed by atoms with Crippen LogP contribution in [0, 0.1) is 21.8 Å². The molecule has 0 aliphatic carbocycles. The Morgan fingerprint density at radius 1 is 1.58 bits per heavy atom. The van der Waals surface area contributed by atoms with Gasteiger partial charge in [-0.05, 0) is 52.8 Å². The van der Waals surface area contributed by atoms with Gasteiger partial charge < -0.3 is 0 Å². The van der Waals surface area contributed by atoms with E-state index in [0.29, 0.717) is 6.42 Å². The molecular weight excluding hydrogens is 329 g/mol. The quantitative estimate of drug-likeness (QED) is 0.721. The normalized spacial score (nSPS) is 9.50. The summed E-state index contributed by atoms with van der Waals surface area (Å²) in [4.78, 5) is 0. The molecule has 0 atom stereocenters. The third-order valence-corrected chi connectivity index (χ3v) is 3.32. The summed E-state index contributed by atoms with van der Waals surface area (Å²) in [5.41, 5.74) is 2.26. The number of rotatable bonds is 1. The number of hydrogen-bond acceptors (Lipinski definition) is 1.